The summed E-state index contributed by atoms with van der Waals surface area (Å²) in [6.45, 7) is 6.70. The summed E-state index contributed by atoms with van der Waals surface area (Å²) in [7, 11) is 6.65. The number of nitrogens with zero attached hydrogens (tertiary/aromatic N) is 4. The van der Waals surface area contributed by atoms with Crippen molar-refractivity contribution in [3.05, 3.63) is 0 Å². The molecule has 0 heterocycles. The Morgan fingerprint density at radius 3 is 1.11 bits per heavy atom. The Kier molecular flexibility index (Phi) is 5.01. The molecule has 0 atom stereocenters. The monoisotopic (exact) mass is 256 g/mol. The first-order chi connectivity index (χ1) is 7.92. The molecule has 0 radical (unpaired) electrons. The standard InChI is InChI=1S/C12H24N4O2/c1-11(2,9(17)15(5)6)13-14-12(3,4)10(18)16(7)8/h1-8H3. The Morgan fingerprint density at radius 2 is 0.944 bits per heavy atom. The number of likely N-dealkylation sites (N-methyl/N-ethyl adjacent to an activating group) is 2. The van der Waals surface area contributed by atoms with Gasteiger partial charge in [0.2, 0.25) is 0 Å². The van der Waals surface area contributed by atoms with Crippen molar-refractivity contribution in [2.24, 2.45) is 10.2 Å². The van der Waals surface area contributed by atoms with Crippen molar-refractivity contribution in [2.45, 2.75) is 38.8 Å². The van der Waals surface area contributed by atoms with E-state index in [-0.39, 0.29) is 11.8 Å². The van der Waals surface area contributed by atoms with Crippen LogP contribution in [0.15, 0.2) is 10.2 Å². The van der Waals surface area contributed by atoms with Crippen LogP contribution in [-0.2, 0) is 9.59 Å². The molecule has 104 valence electrons. The van der Waals surface area contributed by atoms with E-state index >= 15 is 0 Å². The molecule has 0 aromatic rings. The smallest absolute Gasteiger partial charge is 0.251 e. The average Bonchev–Trinajstić information content (AvgIpc) is 2.24. The summed E-state index contributed by atoms with van der Waals surface area (Å²) >= 11 is 0. The molecule has 6 heteroatoms. The Bertz CT molecular complexity index is 323. The number of rotatable bonds is 4. The second-order valence-corrected chi connectivity index (χ2v) is 5.72. The highest BCUT2D eigenvalue weighted by Gasteiger charge is 2.33. The Balaban J connectivity index is 5.04. The minimum atomic E-state index is -0.965. The predicted octanol–water partition coefficient (Wildman–Crippen LogP) is 1.17. The van der Waals surface area contributed by atoms with Crippen LogP contribution in [0.25, 0.3) is 0 Å². The van der Waals surface area contributed by atoms with E-state index in [0.717, 1.165) is 0 Å². The van der Waals surface area contributed by atoms with Gasteiger partial charge in [0.1, 0.15) is 0 Å². The molecule has 0 unspecified atom stereocenters. The zero-order chi connectivity index (χ0) is 14.7. The summed E-state index contributed by atoms with van der Waals surface area (Å²) in [5, 5.41) is 8.08. The second kappa shape index (κ2) is 5.46. The summed E-state index contributed by atoms with van der Waals surface area (Å²) in [5.74, 6) is -0.307. The van der Waals surface area contributed by atoms with E-state index in [1.165, 1.54) is 9.80 Å². The largest absolute Gasteiger partial charge is 0.347 e. The van der Waals surface area contributed by atoms with Crippen molar-refractivity contribution >= 4 is 11.8 Å². The van der Waals surface area contributed by atoms with Crippen LogP contribution < -0.4 is 0 Å². The zero-order valence-corrected chi connectivity index (χ0v) is 12.6. The molecule has 0 saturated heterocycles. The molecule has 0 N–H and O–H groups in total. The van der Waals surface area contributed by atoms with Crippen LogP contribution in [0.3, 0.4) is 0 Å². The lowest BCUT2D eigenvalue weighted by atomic mass is 10.0. The minimum absolute atomic E-state index is 0.153. The summed E-state index contributed by atoms with van der Waals surface area (Å²) in [5.41, 5.74) is -1.93. The number of hydrogen-bond donors (Lipinski definition) is 0. The Morgan fingerprint density at radius 1 is 0.722 bits per heavy atom. The van der Waals surface area contributed by atoms with Crippen LogP contribution in [0.1, 0.15) is 27.7 Å². The molecule has 2 amide bonds. The quantitative estimate of drug-likeness (QED) is 0.709. The SMILES string of the molecule is CN(C)C(=O)C(C)(C)N=NC(C)(C)C(=O)N(C)C. The molecule has 18 heavy (non-hydrogen) atoms. The van der Waals surface area contributed by atoms with E-state index in [2.05, 4.69) is 10.2 Å². The highest BCUT2D eigenvalue weighted by atomic mass is 16.2. The van der Waals surface area contributed by atoms with Gasteiger partial charge in [-0.05, 0) is 27.7 Å². The lowest BCUT2D eigenvalue weighted by Crippen LogP contribution is -2.42. The second-order valence-electron chi connectivity index (χ2n) is 5.72. The van der Waals surface area contributed by atoms with Crippen LogP contribution in [0, 0.1) is 0 Å². The van der Waals surface area contributed by atoms with Crippen LogP contribution in [-0.4, -0.2) is 60.9 Å². The van der Waals surface area contributed by atoms with Crippen LogP contribution >= 0.6 is 0 Å². The molecular weight excluding hydrogens is 232 g/mol. The minimum Gasteiger partial charge on any atom is -0.347 e. The molecule has 0 fully saturated rings. The summed E-state index contributed by atoms with van der Waals surface area (Å²) in [6, 6.07) is 0. The van der Waals surface area contributed by atoms with Gasteiger partial charge in [-0.15, -0.1) is 0 Å². The fourth-order valence-corrected chi connectivity index (χ4v) is 1.43. The average molecular weight is 256 g/mol. The fourth-order valence-electron chi connectivity index (χ4n) is 1.43. The molecule has 0 spiro atoms. The van der Waals surface area contributed by atoms with Crippen molar-refractivity contribution in [1.82, 2.24) is 9.80 Å². The maximum absolute atomic E-state index is 11.9. The lowest BCUT2D eigenvalue weighted by molar-refractivity contribution is -0.135. The van der Waals surface area contributed by atoms with Crippen molar-refractivity contribution in [3.8, 4) is 0 Å². The highest BCUT2D eigenvalue weighted by Crippen LogP contribution is 2.18. The van der Waals surface area contributed by atoms with E-state index in [1.807, 2.05) is 0 Å². The van der Waals surface area contributed by atoms with Gasteiger partial charge in [-0.25, -0.2) is 0 Å². The fraction of sp³-hybridized carbons (Fsp3) is 0.833. The Hall–Kier alpha value is -1.46. The van der Waals surface area contributed by atoms with Crippen molar-refractivity contribution in [2.75, 3.05) is 28.2 Å². The van der Waals surface area contributed by atoms with E-state index < -0.39 is 11.1 Å². The van der Waals surface area contributed by atoms with E-state index in [4.69, 9.17) is 0 Å². The van der Waals surface area contributed by atoms with Gasteiger partial charge in [0.25, 0.3) is 11.8 Å². The van der Waals surface area contributed by atoms with Gasteiger partial charge in [-0.3, -0.25) is 9.59 Å². The van der Waals surface area contributed by atoms with Gasteiger partial charge in [0.05, 0.1) is 0 Å². The number of amides is 2. The Labute approximate surface area is 109 Å². The number of carbonyl (C=O) groups is 2. The van der Waals surface area contributed by atoms with Gasteiger partial charge in [0, 0.05) is 28.2 Å². The molecule has 0 aliphatic carbocycles. The van der Waals surface area contributed by atoms with Gasteiger partial charge < -0.3 is 9.80 Å². The maximum atomic E-state index is 11.9. The van der Waals surface area contributed by atoms with Crippen LogP contribution in [0.2, 0.25) is 0 Å². The molecule has 0 saturated carbocycles. The number of azo groups is 1. The van der Waals surface area contributed by atoms with Gasteiger partial charge in [0.15, 0.2) is 11.1 Å². The van der Waals surface area contributed by atoms with Crippen LogP contribution in [0.4, 0.5) is 0 Å². The van der Waals surface area contributed by atoms with Crippen molar-refractivity contribution < 1.29 is 9.59 Å². The summed E-state index contributed by atoms with van der Waals surface area (Å²) in [4.78, 5) is 26.6. The predicted molar refractivity (Wildman–Crippen MR) is 70.4 cm³/mol. The van der Waals surface area contributed by atoms with E-state index in [0.29, 0.717) is 0 Å². The molecule has 0 aliphatic heterocycles. The van der Waals surface area contributed by atoms with Crippen molar-refractivity contribution in [1.29, 1.82) is 0 Å². The third kappa shape index (κ3) is 4.09. The van der Waals surface area contributed by atoms with Gasteiger partial charge in [-0.2, -0.15) is 10.2 Å². The number of carbonyl (C=O) groups excluding carboxylic acids is 2. The van der Waals surface area contributed by atoms with Crippen LogP contribution in [0.5, 0.6) is 0 Å². The molecule has 0 aromatic heterocycles. The normalized spacial score (nSPS) is 12.7. The van der Waals surface area contributed by atoms with Crippen molar-refractivity contribution in [3.63, 3.8) is 0 Å². The molecule has 0 bridgehead atoms. The van der Waals surface area contributed by atoms with E-state index in [9.17, 15) is 9.59 Å². The molecule has 0 aliphatic rings. The molecule has 6 nitrogen and oxygen atoms in total. The third-order valence-corrected chi connectivity index (χ3v) is 2.41. The first kappa shape index (κ1) is 16.5. The number of hydrogen-bond acceptors (Lipinski definition) is 4. The molecular formula is C12H24N4O2. The molecule has 0 rings (SSSR count). The van der Waals surface area contributed by atoms with Gasteiger partial charge in [-0.1, -0.05) is 0 Å². The first-order valence-corrected chi connectivity index (χ1v) is 5.79. The van der Waals surface area contributed by atoms with E-state index in [1.54, 1.807) is 55.9 Å². The first-order valence-electron chi connectivity index (χ1n) is 5.79. The lowest BCUT2D eigenvalue weighted by Gasteiger charge is -2.25. The summed E-state index contributed by atoms with van der Waals surface area (Å²) < 4.78 is 0. The maximum Gasteiger partial charge on any atom is 0.251 e. The summed E-state index contributed by atoms with van der Waals surface area (Å²) in [6.07, 6.45) is 0. The highest BCUT2D eigenvalue weighted by molar-refractivity contribution is 5.86. The molecule has 0 aromatic carbocycles. The topological polar surface area (TPSA) is 65.3 Å². The third-order valence-electron chi connectivity index (χ3n) is 2.41. The zero-order valence-electron chi connectivity index (χ0n) is 12.6. The van der Waals surface area contributed by atoms with Gasteiger partial charge >= 0.3 is 0 Å².